The Labute approximate surface area is 95.2 Å². The topological polar surface area (TPSA) is 58.1 Å². The molecule has 0 fully saturated rings. The van der Waals surface area contributed by atoms with E-state index in [2.05, 4.69) is 22.1 Å². The molecule has 0 saturated carbocycles. The first-order valence-corrected chi connectivity index (χ1v) is 4.92. The van der Waals surface area contributed by atoms with Crippen LogP contribution in [-0.4, -0.2) is 41.6 Å². The van der Waals surface area contributed by atoms with Crippen molar-refractivity contribution in [1.82, 2.24) is 15.1 Å². The van der Waals surface area contributed by atoms with Gasteiger partial charge in [-0.05, 0) is 32.7 Å². The number of hydrogen-bond acceptors (Lipinski definition) is 4. The fourth-order valence-corrected chi connectivity index (χ4v) is 1.13. The van der Waals surface area contributed by atoms with Crippen molar-refractivity contribution in [2.24, 2.45) is 0 Å². The molecule has 1 rings (SSSR count). The molecule has 0 aliphatic rings. The maximum Gasteiger partial charge on any atom is 0.239 e. The van der Waals surface area contributed by atoms with Crippen LogP contribution in [0.15, 0.2) is 18.8 Å². The van der Waals surface area contributed by atoms with Gasteiger partial charge < -0.3 is 10.2 Å². The lowest BCUT2D eigenvalue weighted by Crippen LogP contribution is -2.27. The van der Waals surface area contributed by atoms with E-state index < -0.39 is 0 Å². The van der Waals surface area contributed by atoms with Crippen molar-refractivity contribution in [2.75, 3.05) is 26.0 Å². The zero-order chi connectivity index (χ0) is 12.1. The molecule has 86 valence electrons. The molecule has 1 aromatic heterocycles. The van der Waals surface area contributed by atoms with Gasteiger partial charge in [0.1, 0.15) is 0 Å². The van der Waals surface area contributed by atoms with Crippen molar-refractivity contribution in [1.29, 1.82) is 0 Å². The lowest BCUT2D eigenvalue weighted by atomic mass is 10.2. The zero-order valence-electron chi connectivity index (χ0n) is 9.82. The third-order valence-corrected chi connectivity index (χ3v) is 1.87. The molecule has 0 aromatic carbocycles. The molecule has 0 saturated heterocycles. The maximum atomic E-state index is 11.5. The fraction of sp³-hybridized carbons (Fsp3) is 0.364. The summed E-state index contributed by atoms with van der Waals surface area (Å²) in [5, 5.41) is 10.3. The standard InChI is InChI=1S/C11H16N4O/c1-8(2)9-5-10(14-12-6-9)13-11(16)7-15(3)4/h5-6H,1,7H2,2-4H3,(H,13,14,16). The van der Waals surface area contributed by atoms with Crippen LogP contribution in [0.3, 0.4) is 0 Å². The van der Waals surface area contributed by atoms with Crippen molar-refractivity contribution >= 4 is 17.3 Å². The molecule has 5 nitrogen and oxygen atoms in total. The highest BCUT2D eigenvalue weighted by Crippen LogP contribution is 2.12. The van der Waals surface area contributed by atoms with E-state index in [0.29, 0.717) is 12.4 Å². The number of carbonyl (C=O) groups is 1. The quantitative estimate of drug-likeness (QED) is 0.822. The minimum absolute atomic E-state index is 0.113. The van der Waals surface area contributed by atoms with Crippen LogP contribution < -0.4 is 5.32 Å². The minimum Gasteiger partial charge on any atom is -0.308 e. The Hall–Kier alpha value is -1.75. The highest BCUT2D eigenvalue weighted by molar-refractivity contribution is 5.91. The molecule has 16 heavy (non-hydrogen) atoms. The predicted octanol–water partition coefficient (Wildman–Crippen LogP) is 1.01. The molecule has 0 aliphatic heterocycles. The van der Waals surface area contributed by atoms with Crippen LogP contribution >= 0.6 is 0 Å². The van der Waals surface area contributed by atoms with Gasteiger partial charge in [0.15, 0.2) is 5.82 Å². The molecular weight excluding hydrogens is 204 g/mol. The van der Waals surface area contributed by atoms with Gasteiger partial charge in [0.05, 0.1) is 12.7 Å². The number of rotatable bonds is 4. The molecule has 0 spiro atoms. The molecule has 1 heterocycles. The molecule has 0 bridgehead atoms. The molecule has 0 radical (unpaired) electrons. The van der Waals surface area contributed by atoms with Crippen molar-refractivity contribution in [3.05, 3.63) is 24.4 Å². The SMILES string of the molecule is C=C(C)c1cnnc(NC(=O)CN(C)C)c1. The lowest BCUT2D eigenvalue weighted by molar-refractivity contribution is -0.116. The van der Waals surface area contributed by atoms with Crippen LogP contribution in [0.1, 0.15) is 12.5 Å². The third-order valence-electron chi connectivity index (χ3n) is 1.87. The minimum atomic E-state index is -0.113. The van der Waals surface area contributed by atoms with Gasteiger partial charge in [-0.1, -0.05) is 6.58 Å². The van der Waals surface area contributed by atoms with Gasteiger partial charge in [0, 0.05) is 5.56 Å². The van der Waals surface area contributed by atoms with Crippen molar-refractivity contribution in [3.8, 4) is 0 Å². The number of carbonyl (C=O) groups excluding carboxylic acids is 1. The van der Waals surface area contributed by atoms with Crippen LogP contribution in [-0.2, 0) is 4.79 Å². The summed E-state index contributed by atoms with van der Waals surface area (Å²) >= 11 is 0. The number of aromatic nitrogens is 2. The van der Waals surface area contributed by atoms with E-state index in [1.807, 2.05) is 21.0 Å². The first-order chi connectivity index (χ1) is 7.49. The highest BCUT2D eigenvalue weighted by atomic mass is 16.2. The zero-order valence-corrected chi connectivity index (χ0v) is 9.82. The van der Waals surface area contributed by atoms with E-state index in [-0.39, 0.29) is 5.91 Å². The molecule has 0 atom stereocenters. The number of allylic oxidation sites excluding steroid dienone is 1. The first kappa shape index (κ1) is 12.3. The van der Waals surface area contributed by atoms with Gasteiger partial charge >= 0.3 is 0 Å². The van der Waals surface area contributed by atoms with E-state index in [0.717, 1.165) is 11.1 Å². The number of anilines is 1. The Kier molecular flexibility index (Phi) is 4.13. The van der Waals surface area contributed by atoms with Gasteiger partial charge in [-0.2, -0.15) is 5.10 Å². The number of nitrogens with one attached hydrogen (secondary N) is 1. The normalized spacial score (nSPS) is 10.2. The summed E-state index contributed by atoms with van der Waals surface area (Å²) in [6, 6.07) is 1.75. The van der Waals surface area contributed by atoms with Crippen molar-refractivity contribution in [2.45, 2.75) is 6.92 Å². The predicted molar refractivity (Wildman–Crippen MR) is 63.9 cm³/mol. The third kappa shape index (κ3) is 3.78. The maximum absolute atomic E-state index is 11.5. The van der Waals surface area contributed by atoms with Gasteiger partial charge in [0.2, 0.25) is 5.91 Å². The van der Waals surface area contributed by atoms with E-state index in [9.17, 15) is 4.79 Å². The van der Waals surface area contributed by atoms with E-state index >= 15 is 0 Å². The van der Waals surface area contributed by atoms with Gasteiger partial charge in [-0.25, -0.2) is 0 Å². The van der Waals surface area contributed by atoms with Crippen LogP contribution in [0.2, 0.25) is 0 Å². The number of amides is 1. The largest absolute Gasteiger partial charge is 0.308 e. The van der Waals surface area contributed by atoms with Crippen molar-refractivity contribution < 1.29 is 4.79 Å². The van der Waals surface area contributed by atoms with E-state index in [1.54, 1.807) is 17.2 Å². The van der Waals surface area contributed by atoms with Crippen LogP contribution in [0.5, 0.6) is 0 Å². The molecule has 1 amide bonds. The lowest BCUT2D eigenvalue weighted by Gasteiger charge is -2.09. The average Bonchev–Trinajstić information content (AvgIpc) is 2.16. The molecular formula is C11H16N4O. The summed E-state index contributed by atoms with van der Waals surface area (Å²) in [4.78, 5) is 13.2. The molecule has 1 N–H and O–H groups in total. The molecule has 0 unspecified atom stereocenters. The number of likely N-dealkylation sites (N-methyl/N-ethyl adjacent to an activating group) is 1. The van der Waals surface area contributed by atoms with Crippen LogP contribution in [0.25, 0.3) is 5.57 Å². The monoisotopic (exact) mass is 220 g/mol. The smallest absolute Gasteiger partial charge is 0.239 e. The summed E-state index contributed by atoms with van der Waals surface area (Å²) in [6.07, 6.45) is 1.62. The number of nitrogens with zero attached hydrogens (tertiary/aromatic N) is 3. The summed E-state index contributed by atoms with van der Waals surface area (Å²) in [7, 11) is 3.66. The summed E-state index contributed by atoms with van der Waals surface area (Å²) in [5.41, 5.74) is 1.76. The summed E-state index contributed by atoms with van der Waals surface area (Å²) < 4.78 is 0. The fourth-order valence-electron chi connectivity index (χ4n) is 1.13. The molecule has 5 heteroatoms. The Morgan fingerprint density at radius 2 is 2.25 bits per heavy atom. The molecule has 1 aromatic rings. The van der Waals surface area contributed by atoms with Crippen molar-refractivity contribution in [3.63, 3.8) is 0 Å². The highest BCUT2D eigenvalue weighted by Gasteiger charge is 2.05. The second-order valence-corrected chi connectivity index (χ2v) is 3.90. The summed E-state index contributed by atoms with van der Waals surface area (Å²) in [5.74, 6) is 0.338. The second kappa shape index (κ2) is 5.37. The first-order valence-electron chi connectivity index (χ1n) is 4.92. The van der Waals surface area contributed by atoms with E-state index in [1.165, 1.54) is 0 Å². The van der Waals surface area contributed by atoms with Gasteiger partial charge in [0.25, 0.3) is 0 Å². The Morgan fingerprint density at radius 3 is 2.81 bits per heavy atom. The number of hydrogen-bond donors (Lipinski definition) is 1. The van der Waals surface area contributed by atoms with Crippen LogP contribution in [0, 0.1) is 0 Å². The van der Waals surface area contributed by atoms with E-state index in [4.69, 9.17) is 0 Å². The molecule has 0 aliphatic carbocycles. The average molecular weight is 220 g/mol. The van der Waals surface area contributed by atoms with Gasteiger partial charge in [-0.3, -0.25) is 4.79 Å². The second-order valence-electron chi connectivity index (χ2n) is 3.90. The Morgan fingerprint density at radius 1 is 1.56 bits per heavy atom. The van der Waals surface area contributed by atoms with Gasteiger partial charge in [-0.15, -0.1) is 5.10 Å². The Balaban J connectivity index is 2.70. The Bertz CT molecular complexity index is 401. The van der Waals surface area contributed by atoms with Crippen LogP contribution in [0.4, 0.5) is 5.82 Å². The summed E-state index contributed by atoms with van der Waals surface area (Å²) in [6.45, 7) is 6.00.